The van der Waals surface area contributed by atoms with Gasteiger partial charge in [0.2, 0.25) is 5.91 Å². The first kappa shape index (κ1) is 16.8. The maximum atomic E-state index is 12.4. The van der Waals surface area contributed by atoms with Gasteiger partial charge in [-0.2, -0.15) is 0 Å². The van der Waals surface area contributed by atoms with Gasteiger partial charge >= 0.3 is 0 Å². The Kier molecular flexibility index (Phi) is 5.60. The Morgan fingerprint density at radius 1 is 1.43 bits per heavy atom. The molecule has 1 aromatic rings. The minimum absolute atomic E-state index is 0.0288. The molecular formula is C12H15ClN4O4. The quantitative estimate of drug-likeness (QED) is 0.462. The summed E-state index contributed by atoms with van der Waals surface area (Å²) < 4.78 is 0. The van der Waals surface area contributed by atoms with Crippen molar-refractivity contribution in [2.75, 3.05) is 27.2 Å². The number of nitro groups is 1. The average Bonchev–Trinajstić information content (AvgIpc) is 2.43. The van der Waals surface area contributed by atoms with Crippen molar-refractivity contribution < 1.29 is 14.5 Å². The van der Waals surface area contributed by atoms with Crippen LogP contribution in [-0.2, 0) is 4.79 Å². The maximum absolute atomic E-state index is 12.4. The van der Waals surface area contributed by atoms with Gasteiger partial charge in [-0.1, -0.05) is 11.6 Å². The molecule has 0 fully saturated rings. The summed E-state index contributed by atoms with van der Waals surface area (Å²) in [5.41, 5.74) is -0.631. The molecular weight excluding hydrogens is 300 g/mol. The van der Waals surface area contributed by atoms with Crippen molar-refractivity contribution in [3.8, 4) is 0 Å². The molecule has 9 heteroatoms. The van der Waals surface area contributed by atoms with Crippen molar-refractivity contribution in [1.29, 1.82) is 0 Å². The highest BCUT2D eigenvalue weighted by Gasteiger charge is 2.26. The van der Waals surface area contributed by atoms with Crippen molar-refractivity contribution in [3.63, 3.8) is 0 Å². The molecule has 0 unspecified atom stereocenters. The highest BCUT2D eigenvalue weighted by atomic mass is 35.5. The largest absolute Gasteiger partial charge is 0.347 e. The monoisotopic (exact) mass is 314 g/mol. The molecule has 0 saturated heterocycles. The van der Waals surface area contributed by atoms with Gasteiger partial charge in [-0.25, -0.2) is 4.98 Å². The van der Waals surface area contributed by atoms with Crippen LogP contribution in [0.2, 0.25) is 5.15 Å². The van der Waals surface area contributed by atoms with Gasteiger partial charge in [-0.15, -0.1) is 0 Å². The number of rotatable bonds is 5. The van der Waals surface area contributed by atoms with Crippen LogP contribution >= 0.6 is 11.6 Å². The number of likely N-dealkylation sites (N-methyl/N-ethyl adjacent to an activating group) is 2. The van der Waals surface area contributed by atoms with Gasteiger partial charge in [0.25, 0.3) is 11.6 Å². The zero-order chi connectivity index (χ0) is 16.2. The number of amides is 2. The molecule has 0 atom stereocenters. The second-order valence-electron chi connectivity index (χ2n) is 4.39. The van der Waals surface area contributed by atoms with Gasteiger partial charge in [0.05, 0.1) is 11.5 Å². The summed E-state index contributed by atoms with van der Waals surface area (Å²) in [5, 5.41) is 10.9. The van der Waals surface area contributed by atoms with E-state index in [0.717, 1.165) is 12.3 Å². The van der Waals surface area contributed by atoms with Crippen molar-refractivity contribution in [3.05, 3.63) is 33.1 Å². The molecule has 0 bridgehead atoms. The Morgan fingerprint density at radius 2 is 2.05 bits per heavy atom. The second kappa shape index (κ2) is 6.98. The number of hydrogen-bond acceptors (Lipinski definition) is 5. The number of aromatic nitrogens is 1. The normalized spacial score (nSPS) is 10.1. The van der Waals surface area contributed by atoms with E-state index in [9.17, 15) is 19.7 Å². The van der Waals surface area contributed by atoms with Crippen molar-refractivity contribution in [2.45, 2.75) is 6.92 Å². The molecule has 0 saturated carbocycles. The fourth-order valence-electron chi connectivity index (χ4n) is 1.54. The molecule has 0 N–H and O–H groups in total. The van der Waals surface area contributed by atoms with Crippen LogP contribution in [0.25, 0.3) is 0 Å². The van der Waals surface area contributed by atoms with E-state index in [-0.39, 0.29) is 29.7 Å². The second-order valence-corrected chi connectivity index (χ2v) is 4.78. The topological polar surface area (TPSA) is 96.7 Å². The van der Waals surface area contributed by atoms with Crippen LogP contribution in [0, 0.1) is 10.1 Å². The summed E-state index contributed by atoms with van der Waals surface area (Å²) in [4.78, 5) is 40.5. The average molecular weight is 315 g/mol. The Balaban J connectivity index is 3.13. The fraction of sp³-hybridized carbons (Fsp3) is 0.417. The van der Waals surface area contributed by atoms with Crippen LogP contribution in [0.4, 0.5) is 5.69 Å². The highest BCUT2D eigenvalue weighted by molar-refractivity contribution is 6.29. The van der Waals surface area contributed by atoms with E-state index in [4.69, 9.17) is 11.6 Å². The zero-order valence-corrected chi connectivity index (χ0v) is 12.6. The number of hydrogen-bond donors (Lipinski definition) is 0. The lowest BCUT2D eigenvalue weighted by molar-refractivity contribution is -0.385. The SMILES string of the molecule is CCN(CC(=O)N(C)C)C(=O)c1cc(Cl)ncc1[N+](=O)[O-]. The standard InChI is InChI=1S/C12H15ClN4O4/c1-4-16(7-11(18)15(2)3)12(19)8-5-10(13)14-6-9(8)17(20)21/h5-6H,4,7H2,1-3H3. The third-order valence-electron chi connectivity index (χ3n) is 2.77. The predicted octanol–water partition coefficient (Wildman–Crippen LogP) is 1.19. The number of halogens is 1. The molecule has 0 spiro atoms. The third kappa shape index (κ3) is 4.12. The van der Waals surface area contributed by atoms with Crippen LogP contribution in [0.15, 0.2) is 12.3 Å². The minimum Gasteiger partial charge on any atom is -0.347 e. The molecule has 0 aliphatic rings. The molecule has 21 heavy (non-hydrogen) atoms. The summed E-state index contributed by atoms with van der Waals surface area (Å²) >= 11 is 5.69. The summed E-state index contributed by atoms with van der Waals surface area (Å²) in [6.07, 6.45) is 0.928. The zero-order valence-electron chi connectivity index (χ0n) is 11.9. The summed E-state index contributed by atoms with van der Waals surface area (Å²) in [7, 11) is 3.12. The van der Waals surface area contributed by atoms with Gasteiger partial charge in [0.1, 0.15) is 16.9 Å². The fourth-order valence-corrected chi connectivity index (χ4v) is 1.70. The van der Waals surface area contributed by atoms with Gasteiger partial charge in [0.15, 0.2) is 0 Å². The van der Waals surface area contributed by atoms with E-state index in [0.29, 0.717) is 0 Å². The van der Waals surface area contributed by atoms with Crippen LogP contribution in [0.3, 0.4) is 0 Å². The van der Waals surface area contributed by atoms with Crippen LogP contribution in [-0.4, -0.2) is 58.7 Å². The van der Waals surface area contributed by atoms with Crippen molar-refractivity contribution in [1.82, 2.24) is 14.8 Å². The first-order valence-electron chi connectivity index (χ1n) is 6.07. The van der Waals surface area contributed by atoms with Gasteiger partial charge < -0.3 is 9.80 Å². The molecule has 0 aliphatic heterocycles. The molecule has 0 radical (unpaired) electrons. The molecule has 2 amide bonds. The predicted molar refractivity (Wildman–Crippen MR) is 76.2 cm³/mol. The number of nitrogens with zero attached hydrogens (tertiary/aromatic N) is 4. The first-order chi connectivity index (χ1) is 9.77. The molecule has 114 valence electrons. The van der Waals surface area contributed by atoms with E-state index >= 15 is 0 Å². The first-order valence-corrected chi connectivity index (χ1v) is 6.45. The molecule has 1 aromatic heterocycles. The molecule has 1 heterocycles. The van der Waals surface area contributed by atoms with E-state index in [1.54, 1.807) is 21.0 Å². The van der Waals surface area contributed by atoms with Crippen LogP contribution in [0.1, 0.15) is 17.3 Å². The van der Waals surface area contributed by atoms with Crippen LogP contribution < -0.4 is 0 Å². The van der Waals surface area contributed by atoms with Gasteiger partial charge in [0, 0.05) is 20.6 Å². The highest BCUT2D eigenvalue weighted by Crippen LogP contribution is 2.22. The van der Waals surface area contributed by atoms with Crippen molar-refractivity contribution >= 4 is 29.1 Å². The Labute approximate surface area is 126 Å². The number of carbonyl (C=O) groups excluding carboxylic acids is 2. The molecule has 0 aromatic carbocycles. The Hall–Kier alpha value is -2.22. The smallest absolute Gasteiger partial charge is 0.300 e. The summed E-state index contributed by atoms with van der Waals surface area (Å²) in [5.74, 6) is -0.920. The Morgan fingerprint density at radius 3 is 2.52 bits per heavy atom. The molecule has 0 aliphatic carbocycles. The summed E-state index contributed by atoms with van der Waals surface area (Å²) in [6.45, 7) is 1.74. The van der Waals surface area contributed by atoms with E-state index in [1.165, 1.54) is 9.80 Å². The third-order valence-corrected chi connectivity index (χ3v) is 2.98. The summed E-state index contributed by atoms with van der Waals surface area (Å²) in [6, 6.07) is 1.13. The minimum atomic E-state index is -0.710. The van der Waals surface area contributed by atoms with Gasteiger partial charge in [-0.05, 0) is 13.0 Å². The van der Waals surface area contributed by atoms with E-state index in [1.807, 2.05) is 0 Å². The van der Waals surface area contributed by atoms with E-state index < -0.39 is 16.5 Å². The Bertz CT molecular complexity index is 576. The lowest BCUT2D eigenvalue weighted by Gasteiger charge is -2.22. The molecule has 1 rings (SSSR count). The lowest BCUT2D eigenvalue weighted by atomic mass is 10.2. The number of carbonyl (C=O) groups is 2. The van der Waals surface area contributed by atoms with Crippen molar-refractivity contribution in [2.24, 2.45) is 0 Å². The maximum Gasteiger partial charge on any atom is 0.300 e. The van der Waals surface area contributed by atoms with Crippen LogP contribution in [0.5, 0.6) is 0 Å². The van der Waals surface area contributed by atoms with Gasteiger partial charge in [-0.3, -0.25) is 19.7 Å². The lowest BCUT2D eigenvalue weighted by Crippen LogP contribution is -2.40. The number of pyridine rings is 1. The van der Waals surface area contributed by atoms with E-state index in [2.05, 4.69) is 4.98 Å². The molecule has 8 nitrogen and oxygen atoms in total.